The molecule has 0 radical (unpaired) electrons. The van der Waals surface area contributed by atoms with Crippen molar-refractivity contribution < 1.29 is 22.7 Å². The molecule has 40 heavy (non-hydrogen) atoms. The largest absolute Gasteiger partial charge is 0.497 e. The van der Waals surface area contributed by atoms with E-state index in [1.807, 2.05) is 27.7 Å². The number of sulfonamides is 1. The Morgan fingerprint density at radius 2 is 1.52 bits per heavy atom. The minimum atomic E-state index is -4.14. The van der Waals surface area contributed by atoms with E-state index in [4.69, 9.17) is 16.3 Å². The van der Waals surface area contributed by atoms with Crippen LogP contribution < -0.4 is 14.4 Å². The van der Waals surface area contributed by atoms with Gasteiger partial charge in [0.2, 0.25) is 11.8 Å². The average molecular weight is 586 g/mol. The molecule has 0 aliphatic carbocycles. The van der Waals surface area contributed by atoms with E-state index in [9.17, 15) is 18.0 Å². The molecule has 0 saturated heterocycles. The summed E-state index contributed by atoms with van der Waals surface area (Å²) in [7, 11) is -2.58. The van der Waals surface area contributed by atoms with Crippen molar-refractivity contribution in [1.29, 1.82) is 0 Å². The summed E-state index contributed by atoms with van der Waals surface area (Å²) in [5.74, 6) is -0.245. The highest BCUT2D eigenvalue weighted by molar-refractivity contribution is 7.92. The van der Waals surface area contributed by atoms with E-state index >= 15 is 0 Å². The van der Waals surface area contributed by atoms with Crippen LogP contribution in [0.5, 0.6) is 5.75 Å². The highest BCUT2D eigenvalue weighted by Crippen LogP contribution is 2.26. The number of benzene rings is 3. The number of nitrogens with one attached hydrogen (secondary N) is 1. The van der Waals surface area contributed by atoms with Crippen LogP contribution in [-0.2, 0) is 26.2 Å². The standard InChI is InChI=1S/C30H36ClN3O5S/c1-21-7-17-27(18-8-21)40(37,38)34(25-13-11-24(31)12-14-25)20-28(35)33(22(2)29(36)32-30(3,4)5)19-23-9-15-26(39-6)16-10-23/h7-18,22H,19-20H2,1-6H3,(H,32,36)/t22-/m0/s1. The SMILES string of the molecule is COc1ccc(CN(C(=O)CN(c2ccc(Cl)cc2)S(=O)(=O)c2ccc(C)cc2)[C@@H](C)C(=O)NC(C)(C)C)cc1. The fourth-order valence-electron chi connectivity index (χ4n) is 3.96. The minimum Gasteiger partial charge on any atom is -0.497 e. The lowest BCUT2D eigenvalue weighted by Gasteiger charge is -2.33. The zero-order chi connectivity index (χ0) is 29.7. The van der Waals surface area contributed by atoms with Crippen LogP contribution in [0.3, 0.4) is 0 Å². The highest BCUT2D eigenvalue weighted by atomic mass is 35.5. The number of amides is 2. The Morgan fingerprint density at radius 1 is 0.950 bits per heavy atom. The Morgan fingerprint density at radius 3 is 2.05 bits per heavy atom. The van der Waals surface area contributed by atoms with E-state index in [0.29, 0.717) is 10.8 Å². The van der Waals surface area contributed by atoms with Crippen molar-refractivity contribution in [3.8, 4) is 5.75 Å². The van der Waals surface area contributed by atoms with Crippen LogP contribution in [-0.4, -0.2) is 50.4 Å². The maximum Gasteiger partial charge on any atom is 0.264 e. The van der Waals surface area contributed by atoms with Gasteiger partial charge in [0.05, 0.1) is 17.7 Å². The molecular formula is C30H36ClN3O5S. The topological polar surface area (TPSA) is 96.0 Å². The molecule has 3 aromatic rings. The second kappa shape index (κ2) is 12.7. The predicted octanol–water partition coefficient (Wildman–Crippen LogP) is 5.18. The van der Waals surface area contributed by atoms with Crippen molar-refractivity contribution in [2.45, 2.75) is 57.6 Å². The second-order valence-electron chi connectivity index (χ2n) is 10.6. The number of ether oxygens (including phenoxy) is 1. The third-order valence-corrected chi connectivity index (χ3v) is 8.22. The van der Waals surface area contributed by atoms with E-state index in [-0.39, 0.29) is 23.0 Å². The molecule has 2 amide bonds. The molecule has 3 aromatic carbocycles. The maximum absolute atomic E-state index is 14.0. The van der Waals surface area contributed by atoms with Crippen LogP contribution in [0.2, 0.25) is 5.02 Å². The number of nitrogens with zero attached hydrogens (tertiary/aromatic N) is 2. The molecule has 1 N–H and O–H groups in total. The third kappa shape index (κ3) is 7.99. The van der Waals surface area contributed by atoms with Crippen LogP contribution in [0.1, 0.15) is 38.8 Å². The van der Waals surface area contributed by atoms with Gasteiger partial charge in [-0.1, -0.05) is 41.4 Å². The van der Waals surface area contributed by atoms with Crippen molar-refractivity contribution in [2.24, 2.45) is 0 Å². The van der Waals surface area contributed by atoms with Gasteiger partial charge in [0.25, 0.3) is 10.0 Å². The summed E-state index contributed by atoms with van der Waals surface area (Å²) < 4.78 is 34.0. The van der Waals surface area contributed by atoms with Gasteiger partial charge in [-0.05, 0) is 88.7 Å². The summed E-state index contributed by atoms with van der Waals surface area (Å²) >= 11 is 6.07. The Kier molecular flexibility index (Phi) is 9.87. The monoisotopic (exact) mass is 585 g/mol. The van der Waals surface area contributed by atoms with Gasteiger partial charge >= 0.3 is 0 Å². The summed E-state index contributed by atoms with van der Waals surface area (Å²) in [4.78, 5) is 28.5. The predicted molar refractivity (Wildman–Crippen MR) is 158 cm³/mol. The number of anilines is 1. The number of halogens is 1. The first-order valence-electron chi connectivity index (χ1n) is 12.8. The maximum atomic E-state index is 14.0. The first-order chi connectivity index (χ1) is 18.7. The number of carbonyl (C=O) groups excluding carboxylic acids is 2. The number of hydrogen-bond donors (Lipinski definition) is 1. The van der Waals surface area contributed by atoms with Crippen LogP contribution in [0.25, 0.3) is 0 Å². The number of methoxy groups -OCH3 is 1. The first-order valence-corrected chi connectivity index (χ1v) is 14.6. The molecule has 0 aromatic heterocycles. The molecule has 0 bridgehead atoms. The summed E-state index contributed by atoms with van der Waals surface area (Å²) in [5, 5.41) is 3.34. The van der Waals surface area contributed by atoms with E-state index in [0.717, 1.165) is 15.4 Å². The number of carbonyl (C=O) groups is 2. The third-order valence-electron chi connectivity index (χ3n) is 6.18. The molecule has 8 nitrogen and oxygen atoms in total. The van der Waals surface area contributed by atoms with Crippen LogP contribution >= 0.6 is 11.6 Å². The Balaban J connectivity index is 2.02. The van der Waals surface area contributed by atoms with Gasteiger partial charge in [-0.3, -0.25) is 13.9 Å². The van der Waals surface area contributed by atoms with Crippen LogP contribution in [0.4, 0.5) is 5.69 Å². The summed E-state index contributed by atoms with van der Waals surface area (Å²) in [6.45, 7) is 8.60. The number of hydrogen-bond acceptors (Lipinski definition) is 5. The second-order valence-corrected chi connectivity index (χ2v) is 12.9. The van der Waals surface area contributed by atoms with E-state index in [1.54, 1.807) is 74.7 Å². The van der Waals surface area contributed by atoms with Gasteiger partial charge in [-0.25, -0.2) is 8.42 Å². The van der Waals surface area contributed by atoms with Crippen LogP contribution in [0, 0.1) is 6.92 Å². The zero-order valence-electron chi connectivity index (χ0n) is 23.6. The fraction of sp³-hybridized carbons (Fsp3) is 0.333. The first kappa shape index (κ1) is 31.0. The summed E-state index contributed by atoms with van der Waals surface area (Å²) in [6, 6.07) is 18.9. The number of aryl methyl sites for hydroxylation is 1. The summed E-state index contributed by atoms with van der Waals surface area (Å²) in [5.41, 5.74) is 1.40. The van der Waals surface area contributed by atoms with E-state index in [2.05, 4.69) is 5.32 Å². The molecule has 0 aliphatic rings. The van der Waals surface area contributed by atoms with Gasteiger partial charge in [-0.15, -0.1) is 0 Å². The highest BCUT2D eigenvalue weighted by Gasteiger charge is 2.33. The van der Waals surface area contributed by atoms with Crippen molar-refractivity contribution in [3.63, 3.8) is 0 Å². The minimum absolute atomic E-state index is 0.0427. The quantitative estimate of drug-likeness (QED) is 0.353. The van der Waals surface area contributed by atoms with E-state index in [1.165, 1.54) is 17.0 Å². The molecule has 0 heterocycles. The molecule has 3 rings (SSSR count). The molecular weight excluding hydrogens is 550 g/mol. The van der Waals surface area contributed by atoms with Gasteiger partial charge < -0.3 is 15.0 Å². The zero-order valence-corrected chi connectivity index (χ0v) is 25.2. The van der Waals surface area contributed by atoms with Crippen molar-refractivity contribution >= 4 is 39.1 Å². The lowest BCUT2D eigenvalue weighted by atomic mass is 10.1. The van der Waals surface area contributed by atoms with Gasteiger partial charge in [0.1, 0.15) is 18.3 Å². The molecule has 10 heteroatoms. The van der Waals surface area contributed by atoms with Crippen molar-refractivity contribution in [1.82, 2.24) is 10.2 Å². The normalized spacial score (nSPS) is 12.4. The van der Waals surface area contributed by atoms with Crippen molar-refractivity contribution in [3.05, 3.63) is 88.9 Å². The van der Waals surface area contributed by atoms with Crippen LogP contribution in [0.15, 0.2) is 77.7 Å². The molecule has 0 spiro atoms. The Labute approximate surface area is 241 Å². The molecule has 214 valence electrons. The van der Waals surface area contributed by atoms with Gasteiger partial charge in [-0.2, -0.15) is 0 Å². The van der Waals surface area contributed by atoms with E-state index < -0.39 is 34.1 Å². The fourth-order valence-corrected chi connectivity index (χ4v) is 5.50. The average Bonchev–Trinajstić information content (AvgIpc) is 2.90. The van der Waals surface area contributed by atoms with Crippen molar-refractivity contribution in [2.75, 3.05) is 18.0 Å². The van der Waals surface area contributed by atoms with Gasteiger partial charge in [0.15, 0.2) is 0 Å². The summed E-state index contributed by atoms with van der Waals surface area (Å²) in [6.07, 6.45) is 0. The molecule has 1 atom stereocenters. The number of rotatable bonds is 10. The lowest BCUT2D eigenvalue weighted by Crippen LogP contribution is -2.54. The molecule has 0 unspecified atom stereocenters. The molecule has 0 saturated carbocycles. The Hall–Kier alpha value is -3.56. The molecule has 0 aliphatic heterocycles. The Bertz CT molecular complexity index is 1420. The lowest BCUT2D eigenvalue weighted by molar-refractivity contribution is -0.140. The smallest absolute Gasteiger partial charge is 0.264 e. The molecule has 0 fully saturated rings. The van der Waals surface area contributed by atoms with Gasteiger partial charge in [0, 0.05) is 17.1 Å².